The van der Waals surface area contributed by atoms with Gasteiger partial charge in [-0.25, -0.2) is 0 Å². The standard InChI is InChI=1S/C15H20Cl3NO2/c1-3-5-19-12-8-13(15(12)20-4-2)21-14-10(17)6-9(16)7-11(14)18/h6-7,12-13,15,19H,3-5,8H2,1-2H3. The van der Waals surface area contributed by atoms with E-state index in [1.54, 1.807) is 12.1 Å². The Bertz CT molecular complexity index is 461. The molecule has 1 N–H and O–H groups in total. The van der Waals surface area contributed by atoms with Crippen molar-refractivity contribution in [1.29, 1.82) is 0 Å². The Labute approximate surface area is 140 Å². The van der Waals surface area contributed by atoms with E-state index in [4.69, 9.17) is 44.3 Å². The molecule has 0 bridgehead atoms. The molecule has 6 heteroatoms. The van der Waals surface area contributed by atoms with Gasteiger partial charge in [0.25, 0.3) is 0 Å². The monoisotopic (exact) mass is 351 g/mol. The molecule has 2 rings (SSSR count). The van der Waals surface area contributed by atoms with Gasteiger partial charge < -0.3 is 14.8 Å². The molecule has 1 saturated carbocycles. The topological polar surface area (TPSA) is 30.5 Å². The van der Waals surface area contributed by atoms with Gasteiger partial charge in [0, 0.05) is 24.1 Å². The third-order valence-electron chi connectivity index (χ3n) is 3.50. The zero-order valence-corrected chi connectivity index (χ0v) is 14.4. The predicted molar refractivity (Wildman–Crippen MR) is 88.0 cm³/mol. The minimum Gasteiger partial charge on any atom is -0.484 e. The van der Waals surface area contributed by atoms with Crippen molar-refractivity contribution in [1.82, 2.24) is 5.32 Å². The molecular weight excluding hydrogens is 333 g/mol. The SMILES string of the molecule is CCCNC1CC(Oc2c(Cl)cc(Cl)cc2Cl)C1OCC. The van der Waals surface area contributed by atoms with Crippen molar-refractivity contribution in [2.24, 2.45) is 0 Å². The third-order valence-corrected chi connectivity index (χ3v) is 4.28. The average molecular weight is 353 g/mol. The average Bonchev–Trinajstić information content (AvgIpc) is 2.41. The van der Waals surface area contributed by atoms with Crippen LogP contribution in [0.4, 0.5) is 0 Å². The first-order valence-corrected chi connectivity index (χ1v) is 8.36. The van der Waals surface area contributed by atoms with Gasteiger partial charge in [0.1, 0.15) is 12.2 Å². The van der Waals surface area contributed by atoms with Crippen molar-refractivity contribution in [2.75, 3.05) is 13.2 Å². The second kappa shape index (κ2) is 7.89. The van der Waals surface area contributed by atoms with Crippen LogP contribution in [0.1, 0.15) is 26.7 Å². The van der Waals surface area contributed by atoms with Crippen LogP contribution in [0.3, 0.4) is 0 Å². The molecule has 1 aliphatic carbocycles. The number of benzene rings is 1. The van der Waals surface area contributed by atoms with E-state index in [0.29, 0.717) is 33.5 Å². The second-order valence-electron chi connectivity index (χ2n) is 5.07. The predicted octanol–water partition coefficient (Wildman–Crippen LogP) is 4.57. The molecular formula is C15H20Cl3NO2. The van der Waals surface area contributed by atoms with E-state index < -0.39 is 0 Å². The van der Waals surface area contributed by atoms with E-state index in [0.717, 1.165) is 19.4 Å². The van der Waals surface area contributed by atoms with Crippen LogP contribution in [0.15, 0.2) is 12.1 Å². The summed E-state index contributed by atoms with van der Waals surface area (Å²) >= 11 is 18.2. The zero-order valence-electron chi connectivity index (χ0n) is 12.2. The second-order valence-corrected chi connectivity index (χ2v) is 6.32. The Hall–Kier alpha value is -0.190. The molecule has 1 aliphatic rings. The lowest BCUT2D eigenvalue weighted by atomic mass is 9.85. The smallest absolute Gasteiger partial charge is 0.157 e. The van der Waals surface area contributed by atoms with Gasteiger partial charge in [-0.15, -0.1) is 0 Å². The molecule has 0 aliphatic heterocycles. The third kappa shape index (κ3) is 4.17. The highest BCUT2D eigenvalue weighted by Crippen LogP contribution is 2.39. The highest BCUT2D eigenvalue weighted by atomic mass is 35.5. The maximum atomic E-state index is 6.15. The summed E-state index contributed by atoms with van der Waals surface area (Å²) in [6, 6.07) is 3.58. The van der Waals surface area contributed by atoms with Crippen LogP contribution in [0, 0.1) is 0 Å². The number of halogens is 3. The van der Waals surface area contributed by atoms with E-state index in [-0.39, 0.29) is 12.2 Å². The highest BCUT2D eigenvalue weighted by Gasteiger charge is 2.43. The van der Waals surface area contributed by atoms with Crippen molar-refractivity contribution in [3.63, 3.8) is 0 Å². The molecule has 118 valence electrons. The molecule has 0 spiro atoms. The highest BCUT2D eigenvalue weighted by molar-refractivity contribution is 6.40. The Balaban J connectivity index is 2.03. The first kappa shape index (κ1) is 17.2. The summed E-state index contributed by atoms with van der Waals surface area (Å²) in [5.41, 5.74) is 0. The van der Waals surface area contributed by atoms with Gasteiger partial charge in [-0.05, 0) is 32.0 Å². The Morgan fingerprint density at radius 3 is 2.43 bits per heavy atom. The fraction of sp³-hybridized carbons (Fsp3) is 0.600. The summed E-state index contributed by atoms with van der Waals surface area (Å²) in [5.74, 6) is 0.478. The molecule has 3 nitrogen and oxygen atoms in total. The number of rotatable bonds is 7. The van der Waals surface area contributed by atoms with Crippen LogP contribution in [0.5, 0.6) is 5.75 Å². The minimum absolute atomic E-state index is 0.0179. The van der Waals surface area contributed by atoms with E-state index in [9.17, 15) is 0 Å². The summed E-state index contributed by atoms with van der Waals surface area (Å²) < 4.78 is 11.7. The maximum Gasteiger partial charge on any atom is 0.157 e. The van der Waals surface area contributed by atoms with E-state index in [2.05, 4.69) is 12.2 Å². The largest absolute Gasteiger partial charge is 0.484 e. The number of ether oxygens (including phenoxy) is 2. The molecule has 1 aromatic rings. The van der Waals surface area contributed by atoms with Gasteiger partial charge in [-0.1, -0.05) is 41.7 Å². The van der Waals surface area contributed by atoms with Gasteiger partial charge in [0.15, 0.2) is 5.75 Å². The molecule has 0 amide bonds. The lowest BCUT2D eigenvalue weighted by Crippen LogP contribution is -2.61. The molecule has 3 unspecified atom stereocenters. The summed E-state index contributed by atoms with van der Waals surface area (Å²) in [6.07, 6.45) is 1.94. The van der Waals surface area contributed by atoms with Gasteiger partial charge in [-0.2, -0.15) is 0 Å². The minimum atomic E-state index is -0.0459. The molecule has 3 atom stereocenters. The van der Waals surface area contributed by atoms with Crippen LogP contribution in [-0.4, -0.2) is 31.4 Å². The number of hydrogen-bond acceptors (Lipinski definition) is 3. The Kier molecular flexibility index (Phi) is 6.45. The van der Waals surface area contributed by atoms with Crippen LogP contribution >= 0.6 is 34.8 Å². The fourth-order valence-electron chi connectivity index (χ4n) is 2.44. The molecule has 1 fully saturated rings. The van der Waals surface area contributed by atoms with Crippen molar-refractivity contribution in [3.8, 4) is 5.75 Å². The molecule has 0 radical (unpaired) electrons. The number of hydrogen-bond donors (Lipinski definition) is 1. The maximum absolute atomic E-state index is 6.15. The summed E-state index contributed by atoms with van der Waals surface area (Å²) in [4.78, 5) is 0. The van der Waals surface area contributed by atoms with Crippen LogP contribution in [0.2, 0.25) is 15.1 Å². The molecule has 0 saturated heterocycles. The Morgan fingerprint density at radius 1 is 1.19 bits per heavy atom. The first-order chi connectivity index (χ1) is 10.1. The van der Waals surface area contributed by atoms with Crippen LogP contribution < -0.4 is 10.1 Å². The van der Waals surface area contributed by atoms with Crippen LogP contribution in [-0.2, 0) is 4.74 Å². The van der Waals surface area contributed by atoms with Gasteiger partial charge in [0.05, 0.1) is 10.0 Å². The fourth-order valence-corrected chi connectivity index (χ4v) is 3.34. The quantitative estimate of drug-likeness (QED) is 0.779. The van der Waals surface area contributed by atoms with Gasteiger partial charge in [0.2, 0.25) is 0 Å². The zero-order chi connectivity index (χ0) is 15.4. The van der Waals surface area contributed by atoms with E-state index in [1.165, 1.54) is 0 Å². The van der Waals surface area contributed by atoms with Crippen molar-refractivity contribution in [3.05, 3.63) is 27.2 Å². The van der Waals surface area contributed by atoms with Gasteiger partial charge in [-0.3, -0.25) is 0 Å². The lowest BCUT2D eigenvalue weighted by Gasteiger charge is -2.44. The van der Waals surface area contributed by atoms with Crippen LogP contribution in [0.25, 0.3) is 0 Å². The van der Waals surface area contributed by atoms with E-state index >= 15 is 0 Å². The van der Waals surface area contributed by atoms with Crippen molar-refractivity contribution < 1.29 is 9.47 Å². The number of nitrogens with one attached hydrogen (secondary N) is 1. The normalized spacial score (nSPS) is 24.7. The summed E-state index contributed by atoms with van der Waals surface area (Å²) in [7, 11) is 0. The summed E-state index contributed by atoms with van der Waals surface area (Å²) in [6.45, 7) is 5.75. The Morgan fingerprint density at radius 2 is 1.86 bits per heavy atom. The summed E-state index contributed by atoms with van der Waals surface area (Å²) in [5, 5.41) is 4.81. The molecule has 21 heavy (non-hydrogen) atoms. The van der Waals surface area contributed by atoms with Crippen molar-refractivity contribution in [2.45, 2.75) is 44.9 Å². The van der Waals surface area contributed by atoms with E-state index in [1.807, 2.05) is 6.92 Å². The van der Waals surface area contributed by atoms with Gasteiger partial charge >= 0.3 is 0 Å². The molecule has 0 aromatic heterocycles. The molecule has 0 heterocycles. The molecule has 1 aromatic carbocycles. The first-order valence-electron chi connectivity index (χ1n) is 7.23. The lowest BCUT2D eigenvalue weighted by molar-refractivity contribution is -0.104. The van der Waals surface area contributed by atoms with Crippen molar-refractivity contribution >= 4 is 34.8 Å².